The number of aromatic nitrogens is 1. The second-order valence-corrected chi connectivity index (χ2v) is 7.04. The molecule has 0 aromatic carbocycles. The molecule has 0 aliphatic heterocycles. The molecule has 1 aromatic rings. The lowest BCUT2D eigenvalue weighted by Gasteiger charge is -2.10. The molecule has 0 saturated heterocycles. The van der Waals surface area contributed by atoms with E-state index in [0.717, 1.165) is 25.0 Å². The van der Waals surface area contributed by atoms with Gasteiger partial charge < -0.3 is 5.43 Å². The van der Waals surface area contributed by atoms with E-state index in [0.29, 0.717) is 12.2 Å². The lowest BCUT2D eigenvalue weighted by Crippen LogP contribution is -2.26. The Hall–Kier alpha value is -0.830. The summed E-state index contributed by atoms with van der Waals surface area (Å²) in [6, 6.07) is 1.52. The molecule has 1 rings (SSSR count). The van der Waals surface area contributed by atoms with Crippen molar-refractivity contribution >= 4 is 27.5 Å². The zero-order valence-corrected chi connectivity index (χ0v) is 13.3. The Balaban J connectivity index is 2.42. The molecule has 0 radical (unpaired) electrons. The molecule has 114 valence electrons. The number of nitrogens with one attached hydrogen (secondary N) is 2. The summed E-state index contributed by atoms with van der Waals surface area (Å²) in [5, 5.41) is 0. The third-order valence-electron chi connectivity index (χ3n) is 2.80. The van der Waals surface area contributed by atoms with E-state index in [4.69, 9.17) is 5.84 Å². The first-order valence-corrected chi connectivity index (χ1v) is 9.38. The van der Waals surface area contributed by atoms with Crippen molar-refractivity contribution in [2.24, 2.45) is 5.84 Å². The van der Waals surface area contributed by atoms with E-state index >= 15 is 0 Å². The SMILES string of the molecule is CSCCCCCCNS(=O)(=O)c1cnccc1NN. The zero-order valence-electron chi connectivity index (χ0n) is 11.6. The molecule has 0 bridgehead atoms. The van der Waals surface area contributed by atoms with Crippen LogP contribution in [0.15, 0.2) is 23.4 Å². The molecule has 1 aromatic heterocycles. The van der Waals surface area contributed by atoms with Gasteiger partial charge in [0.25, 0.3) is 0 Å². The molecule has 8 heteroatoms. The number of rotatable bonds is 10. The van der Waals surface area contributed by atoms with Crippen molar-refractivity contribution in [2.45, 2.75) is 30.6 Å². The Morgan fingerprint density at radius 1 is 1.30 bits per heavy atom. The first-order chi connectivity index (χ1) is 9.61. The van der Waals surface area contributed by atoms with Crippen molar-refractivity contribution in [3.05, 3.63) is 18.5 Å². The summed E-state index contributed by atoms with van der Waals surface area (Å²) in [4.78, 5) is 3.89. The molecule has 4 N–H and O–H groups in total. The molecular formula is C12H22N4O2S2. The largest absolute Gasteiger partial charge is 0.323 e. The van der Waals surface area contributed by atoms with Crippen molar-refractivity contribution in [1.29, 1.82) is 0 Å². The van der Waals surface area contributed by atoms with Crippen LogP contribution < -0.4 is 16.0 Å². The number of sulfonamides is 1. The number of nitrogens with zero attached hydrogens (tertiary/aromatic N) is 1. The molecule has 6 nitrogen and oxygen atoms in total. The monoisotopic (exact) mass is 318 g/mol. The van der Waals surface area contributed by atoms with E-state index in [1.165, 1.54) is 24.9 Å². The number of unbranched alkanes of at least 4 members (excludes halogenated alkanes) is 3. The predicted octanol–water partition coefficient (Wildman–Crippen LogP) is 1.57. The summed E-state index contributed by atoms with van der Waals surface area (Å²) in [5.74, 6) is 6.46. The predicted molar refractivity (Wildman–Crippen MR) is 84.1 cm³/mol. The normalized spacial score (nSPS) is 11.5. The minimum atomic E-state index is -3.56. The van der Waals surface area contributed by atoms with Crippen LogP contribution in [-0.2, 0) is 10.0 Å². The van der Waals surface area contributed by atoms with Crippen LogP contribution in [0.5, 0.6) is 0 Å². The molecule has 0 aliphatic carbocycles. The summed E-state index contributed by atoms with van der Waals surface area (Å²) in [7, 11) is -3.56. The number of pyridine rings is 1. The van der Waals surface area contributed by atoms with E-state index < -0.39 is 10.0 Å². The molecule has 0 atom stereocenters. The maximum atomic E-state index is 12.1. The maximum Gasteiger partial charge on any atom is 0.244 e. The molecule has 0 unspecified atom stereocenters. The highest BCUT2D eigenvalue weighted by atomic mass is 32.2. The molecule has 0 amide bonds. The molecule has 20 heavy (non-hydrogen) atoms. The van der Waals surface area contributed by atoms with Crippen LogP contribution in [0.2, 0.25) is 0 Å². The van der Waals surface area contributed by atoms with Gasteiger partial charge in [-0.2, -0.15) is 11.8 Å². The molecule has 1 heterocycles. The average molecular weight is 318 g/mol. The quantitative estimate of drug-likeness (QED) is 0.344. The lowest BCUT2D eigenvalue weighted by atomic mass is 10.2. The number of nitrogen functional groups attached to an aromatic ring is 1. The number of anilines is 1. The van der Waals surface area contributed by atoms with Crippen LogP contribution in [0.3, 0.4) is 0 Å². The Kier molecular flexibility index (Phi) is 7.90. The molecule has 0 aliphatic rings. The van der Waals surface area contributed by atoms with E-state index in [2.05, 4.69) is 21.4 Å². The van der Waals surface area contributed by atoms with Gasteiger partial charge in [-0.25, -0.2) is 13.1 Å². The number of thioether (sulfide) groups is 1. The van der Waals surface area contributed by atoms with Crippen LogP contribution in [-0.4, -0.2) is 32.0 Å². The first kappa shape index (κ1) is 17.2. The van der Waals surface area contributed by atoms with Gasteiger partial charge in [0.2, 0.25) is 10.0 Å². The molecule has 0 fully saturated rings. The smallest absolute Gasteiger partial charge is 0.244 e. The van der Waals surface area contributed by atoms with E-state index in [1.54, 1.807) is 0 Å². The van der Waals surface area contributed by atoms with Gasteiger partial charge in [-0.1, -0.05) is 12.8 Å². The van der Waals surface area contributed by atoms with Crippen molar-refractivity contribution in [3.8, 4) is 0 Å². The Morgan fingerprint density at radius 2 is 2.05 bits per heavy atom. The van der Waals surface area contributed by atoms with E-state index in [1.807, 2.05) is 11.8 Å². The Bertz CT molecular complexity index is 494. The highest BCUT2D eigenvalue weighted by Gasteiger charge is 2.17. The highest BCUT2D eigenvalue weighted by Crippen LogP contribution is 2.17. The third-order valence-corrected chi connectivity index (χ3v) is 4.98. The second-order valence-electron chi connectivity index (χ2n) is 4.32. The van der Waals surface area contributed by atoms with Gasteiger partial charge in [-0.3, -0.25) is 10.8 Å². The van der Waals surface area contributed by atoms with Crippen molar-refractivity contribution in [3.63, 3.8) is 0 Å². The van der Waals surface area contributed by atoms with Gasteiger partial charge >= 0.3 is 0 Å². The lowest BCUT2D eigenvalue weighted by molar-refractivity contribution is 0.573. The van der Waals surface area contributed by atoms with Crippen LogP contribution in [0, 0.1) is 0 Å². The Morgan fingerprint density at radius 3 is 2.75 bits per heavy atom. The van der Waals surface area contributed by atoms with Crippen LogP contribution in [0.1, 0.15) is 25.7 Å². The third kappa shape index (κ3) is 5.66. The first-order valence-electron chi connectivity index (χ1n) is 6.51. The number of hydrogen-bond acceptors (Lipinski definition) is 6. The fourth-order valence-electron chi connectivity index (χ4n) is 1.72. The second kappa shape index (κ2) is 9.17. The number of hydrogen-bond donors (Lipinski definition) is 3. The fraction of sp³-hybridized carbons (Fsp3) is 0.583. The van der Waals surface area contributed by atoms with Crippen molar-refractivity contribution in [2.75, 3.05) is 24.0 Å². The molecule has 0 saturated carbocycles. The van der Waals surface area contributed by atoms with Crippen LogP contribution in [0.4, 0.5) is 5.69 Å². The average Bonchev–Trinajstić information content (AvgIpc) is 2.46. The molecular weight excluding hydrogens is 296 g/mol. The number of hydrazine groups is 1. The van der Waals surface area contributed by atoms with Gasteiger partial charge in [0.15, 0.2) is 0 Å². The molecule has 0 spiro atoms. The standard InChI is InChI=1S/C12H22N4O2S2/c1-19-9-5-3-2-4-7-15-20(17,18)12-10-14-8-6-11(12)16-13/h6,8,10,15H,2-5,7,9,13H2,1H3,(H,14,16). The fourth-order valence-corrected chi connectivity index (χ4v) is 3.40. The summed E-state index contributed by atoms with van der Waals surface area (Å²) < 4.78 is 26.8. The van der Waals surface area contributed by atoms with Gasteiger partial charge in [-0.15, -0.1) is 0 Å². The van der Waals surface area contributed by atoms with Crippen LogP contribution in [0.25, 0.3) is 0 Å². The summed E-state index contributed by atoms with van der Waals surface area (Å²) in [5.41, 5.74) is 2.71. The minimum Gasteiger partial charge on any atom is -0.323 e. The van der Waals surface area contributed by atoms with Gasteiger partial charge in [0.05, 0.1) is 5.69 Å². The topological polar surface area (TPSA) is 97.1 Å². The van der Waals surface area contributed by atoms with Crippen LogP contribution >= 0.6 is 11.8 Å². The van der Waals surface area contributed by atoms with Gasteiger partial charge in [0.1, 0.15) is 4.90 Å². The van der Waals surface area contributed by atoms with Gasteiger partial charge in [0, 0.05) is 18.9 Å². The summed E-state index contributed by atoms with van der Waals surface area (Å²) in [6.07, 6.45) is 9.03. The van der Waals surface area contributed by atoms with E-state index in [9.17, 15) is 8.42 Å². The maximum absolute atomic E-state index is 12.1. The minimum absolute atomic E-state index is 0.0740. The zero-order chi connectivity index (χ0) is 14.8. The Labute approximate surface area is 124 Å². The summed E-state index contributed by atoms with van der Waals surface area (Å²) in [6.45, 7) is 0.431. The number of nitrogens with two attached hydrogens (primary N) is 1. The highest BCUT2D eigenvalue weighted by molar-refractivity contribution is 7.98. The summed E-state index contributed by atoms with van der Waals surface area (Å²) >= 11 is 1.83. The van der Waals surface area contributed by atoms with Crippen molar-refractivity contribution < 1.29 is 8.42 Å². The van der Waals surface area contributed by atoms with E-state index in [-0.39, 0.29) is 4.90 Å². The van der Waals surface area contributed by atoms with Gasteiger partial charge in [-0.05, 0) is 30.9 Å². The van der Waals surface area contributed by atoms with Crippen molar-refractivity contribution in [1.82, 2.24) is 9.71 Å².